The first-order chi connectivity index (χ1) is 18.4. The number of likely N-dealkylation sites (tertiary alicyclic amines) is 1. The van der Waals surface area contributed by atoms with Crippen LogP contribution in [0.3, 0.4) is 0 Å². The third kappa shape index (κ3) is 4.57. The van der Waals surface area contributed by atoms with Gasteiger partial charge < -0.3 is 4.98 Å². The van der Waals surface area contributed by atoms with E-state index in [0.717, 1.165) is 44.6 Å². The summed E-state index contributed by atoms with van der Waals surface area (Å²) in [5, 5.41) is 11.6. The molecule has 192 valence electrons. The summed E-state index contributed by atoms with van der Waals surface area (Å²) in [5.41, 5.74) is 8.01. The summed E-state index contributed by atoms with van der Waals surface area (Å²) in [6.07, 6.45) is 7.28. The first kappa shape index (κ1) is 24.3. The predicted molar refractivity (Wildman–Crippen MR) is 148 cm³/mol. The zero-order valence-corrected chi connectivity index (χ0v) is 21.5. The lowest BCUT2D eigenvalue weighted by atomic mass is 10.1. The molecule has 0 unspecified atom stereocenters. The normalized spacial score (nSPS) is 16.6. The van der Waals surface area contributed by atoms with Gasteiger partial charge in [-0.1, -0.05) is 18.7 Å². The molecule has 7 nitrogen and oxygen atoms in total. The molecular formula is C28H25F2N7S. The van der Waals surface area contributed by atoms with Crippen LogP contribution in [0.5, 0.6) is 0 Å². The Bertz CT molecular complexity index is 1690. The van der Waals surface area contributed by atoms with Crippen molar-refractivity contribution < 1.29 is 8.78 Å². The minimum Gasteiger partial charge on any atom is -0.336 e. The van der Waals surface area contributed by atoms with Crippen molar-refractivity contribution in [3.63, 3.8) is 0 Å². The van der Waals surface area contributed by atoms with Crippen LogP contribution in [0, 0.1) is 0 Å². The number of hydrogen-bond acceptors (Lipinski definition) is 6. The highest BCUT2D eigenvalue weighted by molar-refractivity contribution is 7.08. The number of aromatic nitrogens is 6. The number of allylic oxidation sites excluding steroid dienone is 3. The zero-order valence-electron chi connectivity index (χ0n) is 20.7. The average Bonchev–Trinajstić information content (AvgIpc) is 3.71. The molecule has 1 saturated heterocycles. The van der Waals surface area contributed by atoms with Crippen LogP contribution in [0.25, 0.3) is 50.4 Å². The first-order valence-corrected chi connectivity index (χ1v) is 13.2. The summed E-state index contributed by atoms with van der Waals surface area (Å²) in [6, 6.07) is 7.77. The fourth-order valence-corrected chi connectivity index (χ4v) is 5.40. The van der Waals surface area contributed by atoms with Gasteiger partial charge in [0.15, 0.2) is 11.5 Å². The van der Waals surface area contributed by atoms with Crippen molar-refractivity contribution in [3.05, 3.63) is 77.3 Å². The van der Waals surface area contributed by atoms with Gasteiger partial charge in [-0.3, -0.25) is 15.0 Å². The van der Waals surface area contributed by atoms with E-state index in [9.17, 15) is 8.78 Å². The summed E-state index contributed by atoms with van der Waals surface area (Å²) >= 11 is 1.61. The number of nitrogens with one attached hydrogen (secondary N) is 2. The van der Waals surface area contributed by atoms with E-state index < -0.39 is 5.92 Å². The number of imidazole rings is 1. The maximum atomic E-state index is 13.7. The van der Waals surface area contributed by atoms with Gasteiger partial charge >= 0.3 is 0 Å². The minimum absolute atomic E-state index is 0.109. The number of fused-ring (bicyclic) bond motifs is 2. The SMILES string of the molecule is C=C/C(=C\C(=C/C)c1ccc2[nH]nc(-c3nc4c(-c5ccsc5)nccc4[nH]3)c2n1)CN1CCC(F)(F)C1. The van der Waals surface area contributed by atoms with Crippen LogP contribution in [0.15, 0.2) is 71.6 Å². The minimum atomic E-state index is -2.63. The topological polar surface area (TPSA) is 86.4 Å². The summed E-state index contributed by atoms with van der Waals surface area (Å²) in [6.45, 7) is 6.38. The number of alkyl halides is 2. The van der Waals surface area contributed by atoms with Gasteiger partial charge in [-0.05, 0) is 53.8 Å². The molecular weight excluding hydrogens is 504 g/mol. The Morgan fingerprint density at radius 1 is 1.16 bits per heavy atom. The van der Waals surface area contributed by atoms with Crippen molar-refractivity contribution in [2.75, 3.05) is 19.6 Å². The molecule has 10 heteroatoms. The second kappa shape index (κ2) is 9.70. The van der Waals surface area contributed by atoms with E-state index in [-0.39, 0.29) is 13.0 Å². The number of nitrogens with zero attached hydrogens (tertiary/aromatic N) is 5. The van der Waals surface area contributed by atoms with Crippen molar-refractivity contribution >= 4 is 39.0 Å². The second-order valence-corrected chi connectivity index (χ2v) is 10.1. The van der Waals surface area contributed by atoms with Crippen LogP contribution >= 0.6 is 11.3 Å². The van der Waals surface area contributed by atoms with E-state index in [0.29, 0.717) is 30.1 Å². The fourth-order valence-electron chi connectivity index (χ4n) is 4.76. The molecule has 1 aliphatic heterocycles. The van der Waals surface area contributed by atoms with Gasteiger partial charge in [0.2, 0.25) is 0 Å². The molecule has 0 saturated carbocycles. The van der Waals surface area contributed by atoms with E-state index in [1.807, 2.05) is 54.1 Å². The molecule has 0 bridgehead atoms. The molecule has 0 radical (unpaired) electrons. The van der Waals surface area contributed by atoms with Gasteiger partial charge in [-0.15, -0.1) is 0 Å². The molecule has 0 aromatic carbocycles. The van der Waals surface area contributed by atoms with Gasteiger partial charge in [0.05, 0.1) is 29.0 Å². The molecule has 1 aliphatic rings. The average molecular weight is 530 g/mol. The lowest BCUT2D eigenvalue weighted by Gasteiger charge is -2.16. The van der Waals surface area contributed by atoms with Gasteiger partial charge in [0.25, 0.3) is 5.92 Å². The van der Waals surface area contributed by atoms with Crippen molar-refractivity contribution in [1.82, 2.24) is 35.0 Å². The molecule has 38 heavy (non-hydrogen) atoms. The maximum absolute atomic E-state index is 13.7. The number of halogens is 2. The quantitative estimate of drug-likeness (QED) is 0.236. The Morgan fingerprint density at radius 2 is 2.03 bits per heavy atom. The van der Waals surface area contributed by atoms with Crippen LogP contribution in [0.1, 0.15) is 19.0 Å². The molecule has 6 heterocycles. The molecule has 1 fully saturated rings. The Labute approximate surface area is 221 Å². The monoisotopic (exact) mass is 529 g/mol. The first-order valence-electron chi connectivity index (χ1n) is 12.3. The maximum Gasteiger partial charge on any atom is 0.261 e. The number of H-pyrrole nitrogens is 2. The molecule has 6 rings (SSSR count). The van der Waals surface area contributed by atoms with Gasteiger partial charge in [-0.25, -0.2) is 18.7 Å². The number of pyridine rings is 2. The third-order valence-corrected chi connectivity index (χ3v) is 7.38. The summed E-state index contributed by atoms with van der Waals surface area (Å²) < 4.78 is 27.3. The second-order valence-electron chi connectivity index (χ2n) is 9.30. The van der Waals surface area contributed by atoms with Crippen LogP contribution in [0.2, 0.25) is 0 Å². The number of hydrogen-bond donors (Lipinski definition) is 2. The summed E-state index contributed by atoms with van der Waals surface area (Å²) in [5.74, 6) is -2.03. The highest BCUT2D eigenvalue weighted by Gasteiger charge is 2.37. The van der Waals surface area contributed by atoms with Crippen molar-refractivity contribution in [2.24, 2.45) is 0 Å². The molecule has 0 atom stereocenters. The Balaban J connectivity index is 1.35. The smallest absolute Gasteiger partial charge is 0.261 e. The van der Waals surface area contributed by atoms with Crippen LogP contribution in [0.4, 0.5) is 8.78 Å². The van der Waals surface area contributed by atoms with E-state index in [1.54, 1.807) is 28.5 Å². The van der Waals surface area contributed by atoms with Gasteiger partial charge in [0, 0.05) is 36.7 Å². The van der Waals surface area contributed by atoms with Crippen molar-refractivity contribution in [3.8, 4) is 22.8 Å². The largest absolute Gasteiger partial charge is 0.336 e. The van der Waals surface area contributed by atoms with E-state index in [1.165, 1.54) is 0 Å². The highest BCUT2D eigenvalue weighted by atomic mass is 32.1. The summed E-state index contributed by atoms with van der Waals surface area (Å²) in [4.78, 5) is 19.4. The Hall–Kier alpha value is -4.02. The fraction of sp³-hybridized carbons (Fsp3) is 0.214. The molecule has 5 aromatic rings. The summed E-state index contributed by atoms with van der Waals surface area (Å²) in [7, 11) is 0. The number of thiophene rings is 1. The highest BCUT2D eigenvalue weighted by Crippen LogP contribution is 2.32. The molecule has 0 aliphatic carbocycles. The number of rotatable bonds is 7. The van der Waals surface area contributed by atoms with Gasteiger partial charge in [-0.2, -0.15) is 16.4 Å². The molecule has 0 spiro atoms. The zero-order chi connectivity index (χ0) is 26.3. The number of aromatic amines is 2. The molecule has 0 amide bonds. The van der Waals surface area contributed by atoms with Crippen LogP contribution in [-0.2, 0) is 0 Å². The van der Waals surface area contributed by atoms with Gasteiger partial charge in [0.1, 0.15) is 11.0 Å². The van der Waals surface area contributed by atoms with Crippen LogP contribution in [-0.4, -0.2) is 60.6 Å². The lowest BCUT2D eigenvalue weighted by Crippen LogP contribution is -2.26. The standard InChI is InChI=1S/C28H25F2N7S/c1-3-17(14-37-11-9-28(29,30)16-37)13-18(4-2)20-5-6-22-25(32-20)26(36-35-22)27-33-21-7-10-31-23(24(21)34-27)19-8-12-38-15-19/h3-8,10,12-13,15H,1,9,11,14,16H2,2H3,(H,33,34)(H,35,36)/b17-13+,18-4+. The predicted octanol–water partition coefficient (Wildman–Crippen LogP) is 6.48. The lowest BCUT2D eigenvalue weighted by molar-refractivity contribution is 0.0131. The molecule has 5 aromatic heterocycles. The Morgan fingerprint density at radius 3 is 2.76 bits per heavy atom. The Kier molecular flexibility index (Phi) is 6.21. The van der Waals surface area contributed by atoms with Crippen molar-refractivity contribution in [2.45, 2.75) is 19.3 Å². The van der Waals surface area contributed by atoms with Crippen molar-refractivity contribution in [1.29, 1.82) is 0 Å². The third-order valence-electron chi connectivity index (χ3n) is 6.69. The molecule has 2 N–H and O–H groups in total. The van der Waals surface area contributed by atoms with E-state index >= 15 is 0 Å². The van der Waals surface area contributed by atoms with E-state index in [2.05, 4.69) is 26.7 Å². The van der Waals surface area contributed by atoms with Crippen LogP contribution < -0.4 is 0 Å². The van der Waals surface area contributed by atoms with E-state index in [4.69, 9.17) is 9.97 Å².